The zero-order chi connectivity index (χ0) is 11.5. The first-order valence-electron chi connectivity index (χ1n) is 4.44. The van der Waals surface area contributed by atoms with Crippen molar-refractivity contribution in [1.29, 1.82) is 0 Å². The van der Waals surface area contributed by atoms with Gasteiger partial charge in [-0.15, -0.1) is 0 Å². The molecule has 5 heteroatoms. The van der Waals surface area contributed by atoms with Gasteiger partial charge in [0.05, 0.1) is 10.5 Å². The topological polar surface area (TPSA) is 56.0 Å². The first kappa shape index (κ1) is 11.0. The standard InChI is InChI=1S/C11H6IN2O2/c12-9-1-2-11(14(15)16)10(7-9)8-3-5-13-6-4-8/h2-7H. The van der Waals surface area contributed by atoms with Crippen LogP contribution >= 0.6 is 22.6 Å². The molecule has 0 amide bonds. The highest BCUT2D eigenvalue weighted by Crippen LogP contribution is 2.30. The molecule has 4 nitrogen and oxygen atoms in total. The molecule has 0 aliphatic heterocycles. The van der Waals surface area contributed by atoms with Crippen molar-refractivity contribution in [2.45, 2.75) is 0 Å². The third-order valence-corrected chi connectivity index (χ3v) is 2.70. The van der Waals surface area contributed by atoms with Crippen molar-refractivity contribution in [1.82, 2.24) is 4.98 Å². The SMILES string of the molecule is O=[N+]([O-])c1c[c]c(I)cc1-c1ccncc1. The van der Waals surface area contributed by atoms with Gasteiger partial charge in [0.25, 0.3) is 5.69 Å². The maximum atomic E-state index is 10.9. The van der Waals surface area contributed by atoms with Crippen molar-refractivity contribution in [3.63, 3.8) is 0 Å². The highest BCUT2D eigenvalue weighted by atomic mass is 127. The summed E-state index contributed by atoms with van der Waals surface area (Å²) in [5.74, 6) is 0. The number of benzene rings is 1. The van der Waals surface area contributed by atoms with E-state index >= 15 is 0 Å². The number of nitrogens with zero attached hydrogens (tertiary/aromatic N) is 2. The molecule has 0 saturated carbocycles. The summed E-state index contributed by atoms with van der Waals surface area (Å²) in [7, 11) is 0. The maximum Gasteiger partial charge on any atom is 0.277 e. The molecule has 1 aromatic carbocycles. The van der Waals surface area contributed by atoms with Gasteiger partial charge in [-0.1, -0.05) is 0 Å². The minimum absolute atomic E-state index is 0.0617. The van der Waals surface area contributed by atoms with Crippen LogP contribution in [0.5, 0.6) is 0 Å². The molecule has 79 valence electrons. The molecule has 0 spiro atoms. The van der Waals surface area contributed by atoms with E-state index in [1.807, 2.05) is 0 Å². The molecule has 0 atom stereocenters. The number of nitro benzene ring substituents is 1. The van der Waals surface area contributed by atoms with Crippen molar-refractivity contribution in [3.05, 3.63) is 56.4 Å². The van der Waals surface area contributed by atoms with Crippen LogP contribution in [0.3, 0.4) is 0 Å². The minimum atomic E-state index is -0.400. The summed E-state index contributed by atoms with van der Waals surface area (Å²) in [6.07, 6.45) is 3.23. The van der Waals surface area contributed by atoms with E-state index in [-0.39, 0.29) is 5.69 Å². The molecule has 1 aromatic heterocycles. The first-order valence-corrected chi connectivity index (χ1v) is 5.52. The van der Waals surface area contributed by atoms with E-state index in [0.29, 0.717) is 5.56 Å². The van der Waals surface area contributed by atoms with Crippen LogP contribution in [0.15, 0.2) is 36.7 Å². The Labute approximate surface area is 106 Å². The number of rotatable bonds is 2. The van der Waals surface area contributed by atoms with Gasteiger partial charge in [-0.3, -0.25) is 15.1 Å². The quantitative estimate of drug-likeness (QED) is 0.484. The Morgan fingerprint density at radius 2 is 2.06 bits per heavy atom. The van der Waals surface area contributed by atoms with E-state index in [9.17, 15) is 10.1 Å². The lowest BCUT2D eigenvalue weighted by atomic mass is 10.1. The summed E-state index contributed by atoms with van der Waals surface area (Å²) in [5, 5.41) is 10.9. The highest BCUT2D eigenvalue weighted by molar-refractivity contribution is 14.1. The zero-order valence-electron chi connectivity index (χ0n) is 8.05. The van der Waals surface area contributed by atoms with E-state index in [2.05, 4.69) is 33.6 Å². The van der Waals surface area contributed by atoms with Crippen LogP contribution < -0.4 is 0 Å². The number of aromatic nitrogens is 1. The lowest BCUT2D eigenvalue weighted by Gasteiger charge is -2.02. The smallest absolute Gasteiger partial charge is 0.265 e. The Morgan fingerprint density at radius 3 is 2.69 bits per heavy atom. The molecular weight excluding hydrogens is 319 g/mol. The molecule has 16 heavy (non-hydrogen) atoms. The normalized spacial score (nSPS) is 10.1. The molecule has 2 aromatic rings. The van der Waals surface area contributed by atoms with Crippen LogP contribution in [0, 0.1) is 19.8 Å². The van der Waals surface area contributed by atoms with Gasteiger partial charge in [-0.2, -0.15) is 0 Å². The van der Waals surface area contributed by atoms with Crippen molar-refractivity contribution < 1.29 is 4.92 Å². The predicted octanol–water partition coefficient (Wildman–Crippen LogP) is 3.06. The van der Waals surface area contributed by atoms with Crippen molar-refractivity contribution in [3.8, 4) is 11.1 Å². The van der Waals surface area contributed by atoms with Crippen LogP contribution in [-0.4, -0.2) is 9.91 Å². The molecule has 1 radical (unpaired) electrons. The van der Waals surface area contributed by atoms with Gasteiger partial charge in [0, 0.05) is 28.1 Å². The van der Waals surface area contributed by atoms with Crippen LogP contribution in [0.1, 0.15) is 0 Å². The lowest BCUT2D eigenvalue weighted by Crippen LogP contribution is -1.92. The number of halogens is 1. The summed E-state index contributed by atoms with van der Waals surface area (Å²) in [4.78, 5) is 14.4. The number of nitro groups is 1. The molecule has 0 bridgehead atoms. The fourth-order valence-corrected chi connectivity index (χ4v) is 1.84. The third kappa shape index (κ3) is 2.19. The Balaban J connectivity index is 2.63. The van der Waals surface area contributed by atoms with Crippen molar-refractivity contribution in [2.75, 3.05) is 0 Å². The Hall–Kier alpha value is -1.50. The maximum absolute atomic E-state index is 10.9. The molecule has 0 aliphatic carbocycles. The van der Waals surface area contributed by atoms with E-state index in [4.69, 9.17) is 0 Å². The number of hydrogen-bond donors (Lipinski definition) is 0. The van der Waals surface area contributed by atoms with Gasteiger partial charge in [0.15, 0.2) is 0 Å². The van der Waals surface area contributed by atoms with E-state index in [1.165, 1.54) is 6.07 Å². The van der Waals surface area contributed by atoms with Crippen molar-refractivity contribution >= 4 is 28.3 Å². The van der Waals surface area contributed by atoms with E-state index in [1.54, 1.807) is 30.6 Å². The van der Waals surface area contributed by atoms with Crippen molar-refractivity contribution in [2.24, 2.45) is 0 Å². The summed E-state index contributed by atoms with van der Waals surface area (Å²) < 4.78 is 0.843. The van der Waals surface area contributed by atoms with Crippen LogP contribution in [0.4, 0.5) is 5.69 Å². The summed E-state index contributed by atoms with van der Waals surface area (Å²) in [6, 6.07) is 9.46. The molecule has 0 unspecified atom stereocenters. The van der Waals surface area contributed by atoms with Crippen LogP contribution in [0.25, 0.3) is 11.1 Å². The molecule has 0 saturated heterocycles. The Morgan fingerprint density at radius 1 is 1.38 bits per heavy atom. The molecule has 0 aliphatic rings. The lowest BCUT2D eigenvalue weighted by molar-refractivity contribution is -0.384. The van der Waals surface area contributed by atoms with Gasteiger partial charge in [-0.05, 0) is 46.4 Å². The summed E-state index contributed by atoms with van der Waals surface area (Å²) >= 11 is 2.08. The third-order valence-electron chi connectivity index (χ3n) is 2.08. The second-order valence-corrected chi connectivity index (χ2v) is 4.24. The second kappa shape index (κ2) is 4.56. The monoisotopic (exact) mass is 325 g/mol. The summed E-state index contributed by atoms with van der Waals surface area (Å²) in [5.41, 5.74) is 1.44. The largest absolute Gasteiger partial charge is 0.277 e. The van der Waals surface area contributed by atoms with Gasteiger partial charge >= 0.3 is 0 Å². The fraction of sp³-hybridized carbons (Fsp3) is 0. The Bertz CT molecular complexity index is 529. The van der Waals surface area contributed by atoms with Crippen LogP contribution in [0.2, 0.25) is 0 Å². The van der Waals surface area contributed by atoms with E-state index in [0.717, 1.165) is 9.13 Å². The molecule has 0 N–H and O–H groups in total. The second-order valence-electron chi connectivity index (χ2n) is 3.07. The van der Waals surface area contributed by atoms with E-state index < -0.39 is 4.92 Å². The minimum Gasteiger partial charge on any atom is -0.265 e. The van der Waals surface area contributed by atoms with Gasteiger partial charge in [-0.25, -0.2) is 0 Å². The van der Waals surface area contributed by atoms with Gasteiger partial charge in [0.1, 0.15) is 0 Å². The number of hydrogen-bond acceptors (Lipinski definition) is 3. The number of pyridine rings is 1. The first-order chi connectivity index (χ1) is 7.68. The zero-order valence-corrected chi connectivity index (χ0v) is 10.2. The molecule has 0 fully saturated rings. The summed E-state index contributed by atoms with van der Waals surface area (Å²) in [6.45, 7) is 0. The molecule has 2 rings (SSSR count). The van der Waals surface area contributed by atoms with Gasteiger partial charge < -0.3 is 0 Å². The molecule has 1 heterocycles. The molecular formula is C11H6IN2O2. The average molecular weight is 325 g/mol. The predicted molar refractivity (Wildman–Crippen MR) is 67.9 cm³/mol. The fourth-order valence-electron chi connectivity index (χ4n) is 1.37. The highest BCUT2D eigenvalue weighted by Gasteiger charge is 2.15. The average Bonchev–Trinajstić information content (AvgIpc) is 2.29. The Kier molecular flexibility index (Phi) is 3.14. The van der Waals surface area contributed by atoms with Gasteiger partial charge in [0.2, 0.25) is 0 Å². The van der Waals surface area contributed by atoms with Crippen LogP contribution in [-0.2, 0) is 0 Å².